The van der Waals surface area contributed by atoms with Crippen molar-refractivity contribution in [1.29, 1.82) is 0 Å². The first-order valence-corrected chi connectivity index (χ1v) is 5.00. The lowest BCUT2D eigenvalue weighted by Gasteiger charge is -2.13. The van der Waals surface area contributed by atoms with Gasteiger partial charge in [-0.15, -0.1) is 0 Å². The van der Waals surface area contributed by atoms with Gasteiger partial charge in [-0.05, 0) is 18.2 Å². The average molecular weight is 262 g/mol. The van der Waals surface area contributed by atoms with E-state index in [4.69, 9.17) is 16.3 Å². The molecule has 2 aromatic rings. The Labute approximate surface area is 100.0 Å². The molecule has 0 N–H and O–H groups in total. The zero-order valence-electron chi connectivity index (χ0n) is 8.68. The molecule has 0 unspecified atom stereocenters. The molecule has 2 nitrogen and oxygen atoms in total. The highest BCUT2D eigenvalue weighted by Gasteiger charge is 2.34. The number of halogens is 4. The Kier molecular flexibility index (Phi) is 2.87. The normalized spacial score (nSPS) is 11.8. The van der Waals surface area contributed by atoms with Crippen LogP contribution < -0.4 is 4.74 Å². The Balaban J connectivity index is 2.78. The average Bonchev–Trinajstić information content (AvgIpc) is 2.27. The molecule has 0 fully saturated rings. The van der Waals surface area contributed by atoms with Crippen LogP contribution in [0.15, 0.2) is 24.4 Å². The molecule has 0 bridgehead atoms. The number of methoxy groups -OCH3 is 1. The van der Waals surface area contributed by atoms with Crippen LogP contribution in [0, 0.1) is 0 Å². The molecule has 0 radical (unpaired) electrons. The minimum absolute atomic E-state index is 0.186. The van der Waals surface area contributed by atoms with E-state index in [1.54, 1.807) is 0 Å². The maximum absolute atomic E-state index is 12.7. The van der Waals surface area contributed by atoms with Crippen molar-refractivity contribution in [2.75, 3.05) is 7.11 Å². The Morgan fingerprint density at radius 2 is 2.00 bits per heavy atom. The third-order valence-electron chi connectivity index (χ3n) is 2.31. The van der Waals surface area contributed by atoms with Crippen molar-refractivity contribution in [2.24, 2.45) is 0 Å². The number of hydrogen-bond donors (Lipinski definition) is 0. The molecule has 1 heterocycles. The van der Waals surface area contributed by atoms with E-state index < -0.39 is 11.7 Å². The standard InChI is InChI=1S/C11H7ClF3NO/c1-17-10-4-6-8(12)2-3-16-9(6)5-7(10)11(13,14)15/h2-5H,1H3. The van der Waals surface area contributed by atoms with Crippen molar-refractivity contribution in [3.8, 4) is 5.75 Å². The van der Waals surface area contributed by atoms with E-state index in [0.717, 1.165) is 6.07 Å². The highest BCUT2D eigenvalue weighted by atomic mass is 35.5. The quantitative estimate of drug-likeness (QED) is 0.776. The molecule has 1 aromatic carbocycles. The lowest BCUT2D eigenvalue weighted by molar-refractivity contribution is -0.138. The first-order valence-electron chi connectivity index (χ1n) is 4.63. The Morgan fingerprint density at radius 3 is 2.59 bits per heavy atom. The third-order valence-corrected chi connectivity index (χ3v) is 2.64. The van der Waals surface area contributed by atoms with Gasteiger partial charge in [0.25, 0.3) is 0 Å². The predicted octanol–water partition coefficient (Wildman–Crippen LogP) is 3.92. The SMILES string of the molecule is COc1cc2c(Cl)ccnc2cc1C(F)(F)F. The van der Waals surface area contributed by atoms with Gasteiger partial charge < -0.3 is 4.74 Å². The van der Waals surface area contributed by atoms with Crippen molar-refractivity contribution in [1.82, 2.24) is 4.98 Å². The summed E-state index contributed by atoms with van der Waals surface area (Å²) in [5.74, 6) is -0.264. The number of ether oxygens (including phenoxy) is 1. The van der Waals surface area contributed by atoms with Gasteiger partial charge in [0.1, 0.15) is 5.75 Å². The summed E-state index contributed by atoms with van der Waals surface area (Å²) < 4.78 is 42.9. The minimum Gasteiger partial charge on any atom is -0.496 e. The van der Waals surface area contributed by atoms with E-state index in [1.807, 2.05) is 0 Å². The minimum atomic E-state index is -4.48. The van der Waals surface area contributed by atoms with Crippen LogP contribution >= 0.6 is 11.6 Å². The molecule has 0 saturated heterocycles. The topological polar surface area (TPSA) is 22.1 Å². The van der Waals surface area contributed by atoms with Crippen LogP contribution in [0.4, 0.5) is 13.2 Å². The van der Waals surface area contributed by atoms with Crippen molar-refractivity contribution in [3.05, 3.63) is 35.0 Å². The summed E-state index contributed by atoms with van der Waals surface area (Å²) in [5.41, 5.74) is -0.673. The molecule has 17 heavy (non-hydrogen) atoms. The largest absolute Gasteiger partial charge is 0.496 e. The van der Waals surface area contributed by atoms with Crippen LogP contribution in [0.2, 0.25) is 5.02 Å². The number of alkyl halides is 3. The summed E-state index contributed by atoms with van der Waals surface area (Å²) in [6.07, 6.45) is -3.12. The van der Waals surface area contributed by atoms with E-state index in [1.165, 1.54) is 25.4 Å². The number of pyridine rings is 1. The fourth-order valence-electron chi connectivity index (χ4n) is 1.53. The smallest absolute Gasteiger partial charge is 0.420 e. The zero-order valence-corrected chi connectivity index (χ0v) is 9.43. The molecular weight excluding hydrogens is 255 g/mol. The summed E-state index contributed by atoms with van der Waals surface area (Å²) in [6.45, 7) is 0. The fourth-order valence-corrected chi connectivity index (χ4v) is 1.74. The maximum Gasteiger partial charge on any atom is 0.420 e. The van der Waals surface area contributed by atoms with Crippen LogP contribution in [0.5, 0.6) is 5.75 Å². The Bertz CT molecular complexity index is 568. The van der Waals surface area contributed by atoms with Crippen LogP contribution in [0.25, 0.3) is 10.9 Å². The molecule has 6 heteroatoms. The van der Waals surface area contributed by atoms with Crippen molar-refractivity contribution in [2.45, 2.75) is 6.18 Å². The number of hydrogen-bond acceptors (Lipinski definition) is 2. The first kappa shape index (κ1) is 12.0. The van der Waals surface area contributed by atoms with E-state index in [-0.39, 0.29) is 11.3 Å². The molecule has 2 rings (SSSR count). The third kappa shape index (κ3) is 2.15. The maximum atomic E-state index is 12.7. The summed E-state index contributed by atoms with van der Waals surface area (Å²) in [4.78, 5) is 3.85. The van der Waals surface area contributed by atoms with Gasteiger partial charge in [0.15, 0.2) is 0 Å². The van der Waals surface area contributed by atoms with Gasteiger partial charge in [-0.3, -0.25) is 4.98 Å². The second-order valence-corrected chi connectivity index (χ2v) is 3.77. The van der Waals surface area contributed by atoms with E-state index in [0.29, 0.717) is 10.4 Å². The summed E-state index contributed by atoms with van der Waals surface area (Å²) in [7, 11) is 1.18. The molecule has 0 atom stereocenters. The van der Waals surface area contributed by atoms with E-state index >= 15 is 0 Å². The van der Waals surface area contributed by atoms with Crippen LogP contribution in [0.1, 0.15) is 5.56 Å². The molecule has 0 amide bonds. The Hall–Kier alpha value is -1.49. The van der Waals surface area contributed by atoms with Crippen LogP contribution in [-0.2, 0) is 6.18 Å². The Morgan fingerprint density at radius 1 is 1.29 bits per heavy atom. The van der Waals surface area contributed by atoms with E-state index in [2.05, 4.69) is 4.98 Å². The highest BCUT2D eigenvalue weighted by molar-refractivity contribution is 6.35. The van der Waals surface area contributed by atoms with Gasteiger partial charge >= 0.3 is 6.18 Å². The number of aromatic nitrogens is 1. The second-order valence-electron chi connectivity index (χ2n) is 3.36. The van der Waals surface area contributed by atoms with Crippen LogP contribution in [-0.4, -0.2) is 12.1 Å². The van der Waals surface area contributed by atoms with Crippen LogP contribution in [0.3, 0.4) is 0 Å². The number of nitrogens with zero attached hydrogens (tertiary/aromatic N) is 1. The van der Waals surface area contributed by atoms with Gasteiger partial charge in [-0.1, -0.05) is 11.6 Å². The molecule has 0 spiro atoms. The van der Waals surface area contributed by atoms with Gasteiger partial charge in [0.2, 0.25) is 0 Å². The van der Waals surface area contributed by atoms with Gasteiger partial charge in [-0.2, -0.15) is 13.2 Å². The summed E-state index contributed by atoms with van der Waals surface area (Å²) in [5, 5.41) is 0.765. The van der Waals surface area contributed by atoms with Gasteiger partial charge in [-0.25, -0.2) is 0 Å². The molecule has 0 aliphatic rings. The lowest BCUT2D eigenvalue weighted by atomic mass is 10.1. The van der Waals surface area contributed by atoms with E-state index in [9.17, 15) is 13.2 Å². The predicted molar refractivity (Wildman–Crippen MR) is 58.3 cm³/mol. The number of fused-ring (bicyclic) bond motifs is 1. The molecular formula is C11H7ClF3NO. The van der Waals surface area contributed by atoms with Crippen molar-refractivity contribution < 1.29 is 17.9 Å². The number of rotatable bonds is 1. The second kappa shape index (κ2) is 4.07. The summed E-state index contributed by atoms with van der Waals surface area (Å²) >= 11 is 5.88. The zero-order chi connectivity index (χ0) is 12.6. The molecule has 0 aliphatic carbocycles. The monoisotopic (exact) mass is 261 g/mol. The number of benzene rings is 1. The van der Waals surface area contributed by atoms with Gasteiger partial charge in [0.05, 0.1) is 23.2 Å². The first-order chi connectivity index (χ1) is 7.93. The molecule has 1 aromatic heterocycles. The van der Waals surface area contributed by atoms with Crippen molar-refractivity contribution in [3.63, 3.8) is 0 Å². The van der Waals surface area contributed by atoms with Gasteiger partial charge in [0, 0.05) is 11.6 Å². The molecule has 0 saturated carbocycles. The fraction of sp³-hybridized carbons (Fsp3) is 0.182. The lowest BCUT2D eigenvalue weighted by Crippen LogP contribution is -2.07. The van der Waals surface area contributed by atoms with Crippen molar-refractivity contribution >= 4 is 22.5 Å². The molecule has 0 aliphatic heterocycles. The molecule has 90 valence electrons. The highest BCUT2D eigenvalue weighted by Crippen LogP contribution is 2.39. The summed E-state index contributed by atoms with van der Waals surface area (Å²) in [6, 6.07) is 3.68.